The van der Waals surface area contributed by atoms with Crippen molar-refractivity contribution in [1.29, 1.82) is 0 Å². The molecule has 1 aliphatic heterocycles. The summed E-state index contributed by atoms with van der Waals surface area (Å²) in [5.41, 5.74) is 5.67. The molecule has 2 rings (SSSR count). The first-order chi connectivity index (χ1) is 9.93. The summed E-state index contributed by atoms with van der Waals surface area (Å²) in [5.74, 6) is -1.29. The lowest BCUT2D eigenvalue weighted by molar-refractivity contribution is -0.143. The Morgan fingerprint density at radius 1 is 1.45 bits per heavy atom. The van der Waals surface area contributed by atoms with Crippen LogP contribution in [-0.2, 0) is 9.53 Å². The third kappa shape index (κ3) is 3.94. The normalized spacial score (nSPS) is 22.0. The van der Waals surface area contributed by atoms with Crippen LogP contribution in [-0.4, -0.2) is 36.6 Å². The van der Waals surface area contributed by atoms with Gasteiger partial charge in [0.25, 0.3) is 5.91 Å². The molecule has 1 fully saturated rings. The van der Waals surface area contributed by atoms with Crippen molar-refractivity contribution < 1.29 is 18.3 Å². The molecule has 1 aliphatic rings. The molecule has 0 aromatic heterocycles. The van der Waals surface area contributed by atoms with Gasteiger partial charge in [0.2, 0.25) is 0 Å². The monoisotopic (exact) mass is 334 g/mol. The van der Waals surface area contributed by atoms with Crippen molar-refractivity contribution in [3.63, 3.8) is 0 Å². The van der Waals surface area contributed by atoms with Crippen molar-refractivity contribution in [2.75, 3.05) is 13.6 Å². The SMILES string of the molecule is CC(c1cc(F)ccc1F)N(C)C(=O)[C@@H]1CC[C@H](CN)O1.Cl. The minimum absolute atomic E-state index is 0. The van der Waals surface area contributed by atoms with Crippen LogP contribution < -0.4 is 5.73 Å². The predicted molar refractivity (Wildman–Crippen MR) is 81.7 cm³/mol. The third-order valence-corrected chi connectivity index (χ3v) is 3.98. The summed E-state index contributed by atoms with van der Waals surface area (Å²) in [6.45, 7) is 2.03. The molecule has 0 bridgehead atoms. The summed E-state index contributed by atoms with van der Waals surface area (Å²) >= 11 is 0. The second kappa shape index (κ2) is 7.85. The molecule has 1 aromatic rings. The van der Waals surface area contributed by atoms with Gasteiger partial charge in [0.15, 0.2) is 0 Å². The first-order valence-electron chi connectivity index (χ1n) is 7.01. The van der Waals surface area contributed by atoms with Crippen molar-refractivity contribution in [3.8, 4) is 0 Å². The number of benzene rings is 1. The highest BCUT2D eigenvalue weighted by Gasteiger charge is 2.33. The van der Waals surface area contributed by atoms with Crippen LogP contribution in [0.25, 0.3) is 0 Å². The highest BCUT2D eigenvalue weighted by Crippen LogP contribution is 2.26. The number of amides is 1. The van der Waals surface area contributed by atoms with Crippen LogP contribution in [0.15, 0.2) is 18.2 Å². The fourth-order valence-corrected chi connectivity index (χ4v) is 2.52. The Morgan fingerprint density at radius 2 is 2.14 bits per heavy atom. The van der Waals surface area contributed by atoms with E-state index in [4.69, 9.17) is 10.5 Å². The summed E-state index contributed by atoms with van der Waals surface area (Å²) in [6.07, 6.45) is 0.684. The maximum Gasteiger partial charge on any atom is 0.251 e. The Balaban J connectivity index is 0.00000242. The number of hydrogen-bond acceptors (Lipinski definition) is 3. The number of rotatable bonds is 4. The standard InChI is InChI=1S/C15H20F2N2O2.ClH/c1-9(12-7-10(16)3-5-13(12)17)19(2)15(20)14-6-4-11(8-18)21-14;/h3,5,7,9,11,14H,4,6,8,18H2,1-2H3;1H/t9?,11-,14+;/m1./s1. The number of halogens is 3. The van der Waals surface area contributed by atoms with Crippen LogP contribution in [0.5, 0.6) is 0 Å². The van der Waals surface area contributed by atoms with E-state index in [0.29, 0.717) is 13.0 Å². The highest BCUT2D eigenvalue weighted by molar-refractivity contribution is 5.85. The quantitative estimate of drug-likeness (QED) is 0.920. The number of carbonyl (C=O) groups excluding carboxylic acids is 1. The summed E-state index contributed by atoms with van der Waals surface area (Å²) in [7, 11) is 1.57. The minimum Gasteiger partial charge on any atom is -0.364 e. The Hall–Kier alpha value is -1.24. The van der Waals surface area contributed by atoms with Gasteiger partial charge in [-0.25, -0.2) is 8.78 Å². The number of likely N-dealkylation sites (N-methyl/N-ethyl adjacent to an activating group) is 1. The molecule has 7 heteroatoms. The van der Waals surface area contributed by atoms with Crippen molar-refractivity contribution in [2.24, 2.45) is 5.73 Å². The maximum atomic E-state index is 13.8. The second-order valence-corrected chi connectivity index (χ2v) is 5.35. The van der Waals surface area contributed by atoms with E-state index >= 15 is 0 Å². The molecule has 1 saturated heterocycles. The van der Waals surface area contributed by atoms with Crippen LogP contribution in [0.3, 0.4) is 0 Å². The Kier molecular flexibility index (Phi) is 6.71. The average molecular weight is 335 g/mol. The smallest absolute Gasteiger partial charge is 0.251 e. The zero-order valence-electron chi connectivity index (χ0n) is 12.6. The zero-order chi connectivity index (χ0) is 15.6. The van der Waals surface area contributed by atoms with E-state index < -0.39 is 23.8 Å². The fraction of sp³-hybridized carbons (Fsp3) is 0.533. The molecular weight excluding hydrogens is 314 g/mol. The molecule has 0 radical (unpaired) electrons. The molecule has 22 heavy (non-hydrogen) atoms. The Labute approximate surface area is 135 Å². The van der Waals surface area contributed by atoms with Crippen molar-refractivity contribution in [3.05, 3.63) is 35.4 Å². The average Bonchev–Trinajstić information content (AvgIpc) is 2.96. The number of carbonyl (C=O) groups is 1. The van der Waals surface area contributed by atoms with E-state index in [-0.39, 0.29) is 30.0 Å². The van der Waals surface area contributed by atoms with Gasteiger partial charge in [0, 0.05) is 19.2 Å². The van der Waals surface area contributed by atoms with E-state index in [1.165, 1.54) is 4.90 Å². The molecule has 1 unspecified atom stereocenters. The lowest BCUT2D eigenvalue weighted by Crippen LogP contribution is -2.38. The van der Waals surface area contributed by atoms with Gasteiger partial charge in [0.1, 0.15) is 17.7 Å². The second-order valence-electron chi connectivity index (χ2n) is 5.35. The summed E-state index contributed by atoms with van der Waals surface area (Å²) in [4.78, 5) is 13.8. The van der Waals surface area contributed by atoms with Gasteiger partial charge in [-0.15, -0.1) is 12.4 Å². The molecule has 1 amide bonds. The van der Waals surface area contributed by atoms with Crippen LogP contribution in [0.4, 0.5) is 8.78 Å². The van der Waals surface area contributed by atoms with E-state index in [9.17, 15) is 13.6 Å². The van der Waals surface area contributed by atoms with Crippen molar-refractivity contribution >= 4 is 18.3 Å². The number of ether oxygens (including phenoxy) is 1. The molecule has 3 atom stereocenters. The van der Waals surface area contributed by atoms with Gasteiger partial charge < -0.3 is 15.4 Å². The van der Waals surface area contributed by atoms with E-state index in [1.54, 1.807) is 14.0 Å². The minimum atomic E-state index is -0.575. The summed E-state index contributed by atoms with van der Waals surface area (Å²) in [6, 6.07) is 2.66. The topological polar surface area (TPSA) is 55.6 Å². The van der Waals surface area contributed by atoms with E-state index in [0.717, 1.165) is 24.6 Å². The lowest BCUT2D eigenvalue weighted by Gasteiger charge is -2.28. The predicted octanol–water partition coefficient (Wildman–Crippen LogP) is 2.41. The largest absolute Gasteiger partial charge is 0.364 e. The molecule has 0 saturated carbocycles. The molecule has 1 aromatic carbocycles. The van der Waals surface area contributed by atoms with E-state index in [1.807, 2.05) is 0 Å². The van der Waals surface area contributed by atoms with Crippen molar-refractivity contribution in [1.82, 2.24) is 4.90 Å². The van der Waals surface area contributed by atoms with E-state index in [2.05, 4.69) is 0 Å². The fourth-order valence-electron chi connectivity index (χ4n) is 2.52. The highest BCUT2D eigenvalue weighted by atomic mass is 35.5. The van der Waals surface area contributed by atoms with Crippen LogP contribution in [0, 0.1) is 11.6 Å². The van der Waals surface area contributed by atoms with Gasteiger partial charge in [-0.2, -0.15) is 0 Å². The molecule has 0 spiro atoms. The van der Waals surface area contributed by atoms with Gasteiger partial charge in [-0.1, -0.05) is 0 Å². The third-order valence-electron chi connectivity index (χ3n) is 3.98. The number of nitrogens with zero attached hydrogens (tertiary/aromatic N) is 1. The van der Waals surface area contributed by atoms with Crippen molar-refractivity contribution in [2.45, 2.75) is 38.0 Å². The molecule has 0 aliphatic carbocycles. The van der Waals surface area contributed by atoms with Gasteiger partial charge in [-0.05, 0) is 38.0 Å². The van der Waals surface area contributed by atoms with Gasteiger partial charge in [0.05, 0.1) is 12.1 Å². The van der Waals surface area contributed by atoms with Gasteiger partial charge >= 0.3 is 0 Å². The van der Waals surface area contributed by atoms with Crippen LogP contribution in [0.1, 0.15) is 31.4 Å². The molecular formula is C15H21ClF2N2O2. The summed E-state index contributed by atoms with van der Waals surface area (Å²) < 4.78 is 32.6. The Morgan fingerprint density at radius 3 is 2.73 bits per heavy atom. The molecule has 2 N–H and O–H groups in total. The molecule has 124 valence electrons. The lowest BCUT2D eigenvalue weighted by atomic mass is 10.1. The van der Waals surface area contributed by atoms with Crippen LogP contribution >= 0.6 is 12.4 Å². The Bertz CT molecular complexity index is 530. The van der Waals surface area contributed by atoms with Gasteiger partial charge in [-0.3, -0.25) is 4.79 Å². The molecule has 4 nitrogen and oxygen atoms in total. The first kappa shape index (κ1) is 18.8. The number of hydrogen-bond donors (Lipinski definition) is 1. The first-order valence-corrected chi connectivity index (χ1v) is 7.01. The molecule has 1 heterocycles. The maximum absolute atomic E-state index is 13.8. The number of nitrogens with two attached hydrogens (primary N) is 1. The summed E-state index contributed by atoms with van der Waals surface area (Å²) in [5, 5.41) is 0. The van der Waals surface area contributed by atoms with Crippen LogP contribution in [0.2, 0.25) is 0 Å². The zero-order valence-corrected chi connectivity index (χ0v) is 13.4.